The highest BCUT2D eigenvalue weighted by Gasteiger charge is 2.20. The minimum Gasteiger partial charge on any atom is -0.300 e. The van der Waals surface area contributed by atoms with Crippen molar-refractivity contribution in [2.45, 2.75) is 63.7 Å². The van der Waals surface area contributed by atoms with Crippen LogP contribution in [-0.2, 0) is 9.59 Å². The molecule has 2 saturated carbocycles. The second-order valence-electron chi connectivity index (χ2n) is 7.14. The van der Waals surface area contributed by atoms with Crippen LogP contribution in [0.4, 0.5) is 0 Å². The number of ketones is 2. The van der Waals surface area contributed by atoms with E-state index in [-0.39, 0.29) is 0 Å². The summed E-state index contributed by atoms with van der Waals surface area (Å²) in [5.74, 6) is 1.38. The molecule has 0 radical (unpaired) electrons. The molecule has 3 heteroatoms. The summed E-state index contributed by atoms with van der Waals surface area (Å²) in [5.41, 5.74) is 1.33. The van der Waals surface area contributed by atoms with Crippen molar-refractivity contribution in [2.24, 2.45) is 0 Å². The lowest BCUT2D eigenvalue weighted by Crippen LogP contribution is -2.13. The minimum atomic E-state index is 0.431. The van der Waals surface area contributed by atoms with E-state index in [9.17, 15) is 9.59 Å². The van der Waals surface area contributed by atoms with Crippen molar-refractivity contribution in [2.75, 3.05) is 0 Å². The summed E-state index contributed by atoms with van der Waals surface area (Å²) in [4.78, 5) is 21.7. The van der Waals surface area contributed by atoms with Gasteiger partial charge in [0.2, 0.25) is 0 Å². The normalized spacial score (nSPS) is 19.2. The molecule has 2 aromatic carbocycles. The van der Waals surface area contributed by atoms with Gasteiger partial charge in [-0.2, -0.15) is 0 Å². The van der Waals surface area contributed by atoms with Crippen molar-refractivity contribution in [1.29, 1.82) is 0 Å². The SMILES string of the molecule is Ic1ccccc1.O=C1CCCC(c2ccccc2)C1.O=C1CCCCC1. The van der Waals surface area contributed by atoms with Gasteiger partial charge in [0, 0.05) is 29.3 Å². The number of carbonyl (C=O) groups excluding carboxylic acids is 2. The first-order valence-electron chi connectivity index (χ1n) is 9.94. The van der Waals surface area contributed by atoms with Crippen LogP contribution < -0.4 is 0 Å². The Morgan fingerprint density at radius 1 is 0.667 bits per heavy atom. The largest absolute Gasteiger partial charge is 0.300 e. The summed E-state index contributed by atoms with van der Waals surface area (Å²) >= 11 is 2.28. The van der Waals surface area contributed by atoms with Gasteiger partial charge in [0.1, 0.15) is 11.6 Å². The van der Waals surface area contributed by atoms with Crippen LogP contribution in [0.25, 0.3) is 0 Å². The van der Waals surface area contributed by atoms with Crippen molar-refractivity contribution in [3.63, 3.8) is 0 Å². The highest BCUT2D eigenvalue weighted by Crippen LogP contribution is 2.30. The Kier molecular flexibility index (Phi) is 10.4. The van der Waals surface area contributed by atoms with Gasteiger partial charge in [-0.15, -0.1) is 0 Å². The van der Waals surface area contributed by atoms with Crippen LogP contribution in [0.5, 0.6) is 0 Å². The Balaban J connectivity index is 0.000000159. The summed E-state index contributed by atoms with van der Waals surface area (Å²) in [6, 6.07) is 20.6. The van der Waals surface area contributed by atoms with E-state index in [1.807, 2.05) is 24.3 Å². The molecule has 2 nitrogen and oxygen atoms in total. The number of rotatable bonds is 1. The topological polar surface area (TPSA) is 34.1 Å². The van der Waals surface area contributed by atoms with Crippen molar-refractivity contribution in [3.05, 3.63) is 69.8 Å². The molecule has 2 fully saturated rings. The van der Waals surface area contributed by atoms with Crippen LogP contribution in [0.1, 0.15) is 69.3 Å². The van der Waals surface area contributed by atoms with Crippen LogP contribution >= 0.6 is 22.6 Å². The van der Waals surface area contributed by atoms with Crippen molar-refractivity contribution >= 4 is 34.2 Å². The van der Waals surface area contributed by atoms with Crippen molar-refractivity contribution in [3.8, 4) is 0 Å². The number of hydrogen-bond donors (Lipinski definition) is 0. The first-order chi connectivity index (χ1) is 13.1. The molecule has 1 atom stereocenters. The molecule has 0 heterocycles. The lowest BCUT2D eigenvalue weighted by atomic mass is 9.83. The van der Waals surface area contributed by atoms with E-state index in [2.05, 4.69) is 59.0 Å². The number of benzene rings is 2. The van der Waals surface area contributed by atoms with Crippen LogP contribution in [0.15, 0.2) is 60.7 Å². The highest BCUT2D eigenvalue weighted by molar-refractivity contribution is 14.1. The Labute approximate surface area is 176 Å². The first-order valence-corrected chi connectivity index (χ1v) is 11.0. The number of carbonyl (C=O) groups is 2. The molecular formula is C24H29IO2. The molecule has 4 rings (SSSR count). The summed E-state index contributed by atoms with van der Waals surface area (Å²) < 4.78 is 1.29. The van der Waals surface area contributed by atoms with E-state index in [0.29, 0.717) is 17.5 Å². The Bertz CT molecular complexity index is 674. The molecule has 0 aromatic heterocycles. The van der Waals surface area contributed by atoms with E-state index < -0.39 is 0 Å². The fourth-order valence-electron chi connectivity index (χ4n) is 3.40. The number of Topliss-reactive ketones (excluding diaryl/α,β-unsaturated/α-hetero) is 2. The lowest BCUT2D eigenvalue weighted by Gasteiger charge is -2.20. The third-order valence-electron chi connectivity index (χ3n) is 4.90. The second kappa shape index (κ2) is 12.8. The van der Waals surface area contributed by atoms with Gasteiger partial charge in [0.25, 0.3) is 0 Å². The maximum atomic E-state index is 11.2. The maximum absolute atomic E-state index is 11.2. The zero-order valence-corrected chi connectivity index (χ0v) is 18.1. The third-order valence-corrected chi connectivity index (χ3v) is 5.62. The second-order valence-corrected chi connectivity index (χ2v) is 8.38. The van der Waals surface area contributed by atoms with Crippen molar-refractivity contribution in [1.82, 2.24) is 0 Å². The van der Waals surface area contributed by atoms with Crippen LogP contribution in [0.2, 0.25) is 0 Å². The van der Waals surface area contributed by atoms with E-state index >= 15 is 0 Å². The van der Waals surface area contributed by atoms with Crippen LogP contribution in [0, 0.1) is 3.57 Å². The number of halogens is 1. The standard InChI is InChI=1S/C12H14O.C6H5I.C6H10O/c13-12-8-4-7-11(9-12)10-5-2-1-3-6-10;2*7-6-4-2-1-3-5-6/h1-3,5-6,11H,4,7-9H2;1-5H;1-5H2. The van der Waals surface area contributed by atoms with E-state index in [1.54, 1.807) is 0 Å². The maximum Gasteiger partial charge on any atom is 0.133 e. The van der Waals surface area contributed by atoms with Crippen LogP contribution in [0.3, 0.4) is 0 Å². The molecule has 1 unspecified atom stereocenters. The fraction of sp³-hybridized carbons (Fsp3) is 0.417. The zero-order valence-electron chi connectivity index (χ0n) is 15.9. The molecule has 0 amide bonds. The monoisotopic (exact) mass is 476 g/mol. The van der Waals surface area contributed by atoms with Crippen molar-refractivity contribution < 1.29 is 9.59 Å². The first kappa shape index (κ1) is 21.8. The zero-order chi connectivity index (χ0) is 19.3. The molecule has 2 aromatic rings. The molecule has 0 saturated heterocycles. The summed E-state index contributed by atoms with van der Waals surface area (Å²) in [7, 11) is 0. The highest BCUT2D eigenvalue weighted by atomic mass is 127. The predicted molar refractivity (Wildman–Crippen MR) is 120 cm³/mol. The Hall–Kier alpha value is -1.49. The molecule has 2 aliphatic carbocycles. The predicted octanol–water partition coefficient (Wildman–Crippen LogP) is 6.72. The van der Waals surface area contributed by atoms with Gasteiger partial charge in [-0.3, -0.25) is 9.59 Å². The molecule has 0 N–H and O–H groups in total. The lowest BCUT2D eigenvalue weighted by molar-refractivity contribution is -0.121. The molecule has 27 heavy (non-hydrogen) atoms. The van der Waals surface area contributed by atoms with E-state index in [0.717, 1.165) is 44.9 Å². The van der Waals surface area contributed by atoms with E-state index in [4.69, 9.17) is 0 Å². The van der Waals surface area contributed by atoms with Gasteiger partial charge in [-0.1, -0.05) is 55.0 Å². The molecule has 144 valence electrons. The van der Waals surface area contributed by atoms with Gasteiger partial charge in [-0.05, 0) is 71.9 Å². The summed E-state index contributed by atoms with van der Waals surface area (Å²) in [5, 5.41) is 0. The van der Waals surface area contributed by atoms with Crippen LogP contribution in [-0.4, -0.2) is 11.6 Å². The fourth-order valence-corrected chi connectivity index (χ4v) is 3.81. The average molecular weight is 476 g/mol. The summed E-state index contributed by atoms with van der Waals surface area (Å²) in [6.45, 7) is 0. The average Bonchev–Trinajstić information content (AvgIpc) is 2.71. The van der Waals surface area contributed by atoms with Gasteiger partial charge in [-0.25, -0.2) is 0 Å². The molecule has 0 spiro atoms. The van der Waals surface area contributed by atoms with Gasteiger partial charge in [0.05, 0.1) is 0 Å². The van der Waals surface area contributed by atoms with Gasteiger partial charge < -0.3 is 0 Å². The molecular weight excluding hydrogens is 447 g/mol. The Morgan fingerprint density at radius 3 is 1.67 bits per heavy atom. The van der Waals surface area contributed by atoms with Gasteiger partial charge >= 0.3 is 0 Å². The third kappa shape index (κ3) is 9.32. The summed E-state index contributed by atoms with van der Waals surface area (Å²) in [6.07, 6.45) is 9.03. The minimum absolute atomic E-state index is 0.431. The molecule has 0 aliphatic heterocycles. The van der Waals surface area contributed by atoms with E-state index in [1.165, 1.54) is 22.0 Å². The quantitative estimate of drug-likeness (QED) is 0.428. The molecule has 0 bridgehead atoms. The smallest absolute Gasteiger partial charge is 0.133 e. The molecule has 2 aliphatic rings. The van der Waals surface area contributed by atoms with Gasteiger partial charge in [0.15, 0.2) is 0 Å². The Morgan fingerprint density at radius 2 is 1.22 bits per heavy atom. The number of hydrogen-bond acceptors (Lipinski definition) is 2.